The van der Waals surface area contributed by atoms with Crippen molar-refractivity contribution in [3.8, 4) is 11.5 Å². The van der Waals surface area contributed by atoms with E-state index in [2.05, 4.69) is 23.5 Å². The fourth-order valence-corrected chi connectivity index (χ4v) is 4.04. The van der Waals surface area contributed by atoms with E-state index in [1.54, 1.807) is 18.7 Å². The van der Waals surface area contributed by atoms with Crippen LogP contribution in [-0.4, -0.2) is 43.1 Å². The summed E-state index contributed by atoms with van der Waals surface area (Å²) in [6.07, 6.45) is 8.03. The normalized spacial score (nSPS) is 16.4. The number of aliphatic hydroxyl groups is 1. The Morgan fingerprint density at radius 3 is 2.91 bits per heavy atom. The van der Waals surface area contributed by atoms with Crippen LogP contribution in [0, 0.1) is 0 Å². The Bertz CT molecular complexity index is 914. The third kappa shape index (κ3) is 6.32. The van der Waals surface area contributed by atoms with Gasteiger partial charge in [-0.1, -0.05) is 30.3 Å². The molecule has 0 fully saturated rings. The number of hydroxylamine groups is 1. The summed E-state index contributed by atoms with van der Waals surface area (Å²) in [4.78, 5) is 10.9. The third-order valence-corrected chi connectivity index (χ3v) is 5.62. The number of ether oxygens (including phenoxy) is 2. The first kappa shape index (κ1) is 23.8. The molecule has 2 aromatic carbocycles. The number of benzene rings is 2. The average molecular weight is 441 g/mol. The molecule has 4 N–H and O–H groups in total. The number of hydrogen-bond acceptors (Lipinski definition) is 6. The predicted molar refractivity (Wildman–Crippen MR) is 123 cm³/mol. The van der Waals surface area contributed by atoms with Crippen LogP contribution in [0.2, 0.25) is 0 Å². The summed E-state index contributed by atoms with van der Waals surface area (Å²) in [6, 6.07) is 12.5. The summed E-state index contributed by atoms with van der Waals surface area (Å²) in [5.41, 5.74) is 6.37. The molecule has 1 aliphatic heterocycles. The van der Waals surface area contributed by atoms with Gasteiger partial charge in [-0.05, 0) is 73.0 Å². The fourth-order valence-electron chi connectivity index (χ4n) is 4.04. The van der Waals surface area contributed by atoms with E-state index in [1.807, 2.05) is 18.2 Å². The lowest BCUT2D eigenvalue weighted by Crippen LogP contribution is -2.21. The van der Waals surface area contributed by atoms with Crippen LogP contribution in [0.1, 0.15) is 47.6 Å². The second-order valence-electron chi connectivity index (χ2n) is 7.79. The molecule has 2 aliphatic rings. The van der Waals surface area contributed by atoms with Gasteiger partial charge in [0, 0.05) is 18.7 Å². The smallest absolute Gasteiger partial charge is 0.267 e. The molecule has 1 heterocycles. The fraction of sp³-hybridized carbons (Fsp3) is 0.400. The van der Waals surface area contributed by atoms with Gasteiger partial charge in [0.05, 0.1) is 13.7 Å². The minimum Gasteiger partial charge on any atom is -0.493 e. The number of methoxy groups -OCH3 is 1. The van der Waals surface area contributed by atoms with Crippen LogP contribution >= 0.6 is 0 Å². The zero-order chi connectivity index (χ0) is 22.8. The van der Waals surface area contributed by atoms with Crippen molar-refractivity contribution in [2.75, 3.05) is 26.9 Å². The monoisotopic (exact) mass is 440 g/mol. The molecule has 1 amide bonds. The maximum absolute atomic E-state index is 10.9. The Hall–Kier alpha value is -2.87. The highest BCUT2D eigenvalue weighted by atomic mass is 16.5. The molecule has 7 nitrogen and oxygen atoms in total. The van der Waals surface area contributed by atoms with Crippen molar-refractivity contribution in [2.45, 2.75) is 38.1 Å². The lowest BCUT2D eigenvalue weighted by Gasteiger charge is -2.18. The Morgan fingerprint density at radius 1 is 1.25 bits per heavy atom. The highest BCUT2D eigenvalue weighted by molar-refractivity contribution is 5.90. The SMILES string of the molecule is COc1cccc2c1OCCC2.O=C(/C=C/c1ccc2c(c1)CCC2NCCCO)NO. The van der Waals surface area contributed by atoms with Gasteiger partial charge < -0.3 is 19.9 Å². The van der Waals surface area contributed by atoms with Crippen molar-refractivity contribution < 1.29 is 24.6 Å². The number of nitrogens with one attached hydrogen (secondary N) is 2. The third-order valence-electron chi connectivity index (χ3n) is 5.62. The molecule has 0 saturated heterocycles. The molecule has 7 heteroatoms. The highest BCUT2D eigenvalue weighted by Crippen LogP contribution is 2.34. The van der Waals surface area contributed by atoms with Gasteiger partial charge in [-0.3, -0.25) is 10.0 Å². The number of para-hydroxylation sites is 1. The maximum Gasteiger partial charge on any atom is 0.267 e. The predicted octanol–water partition coefficient (Wildman–Crippen LogP) is 3.18. The Balaban J connectivity index is 0.000000204. The number of carbonyl (C=O) groups is 1. The lowest BCUT2D eigenvalue weighted by molar-refractivity contribution is -0.124. The Labute approximate surface area is 189 Å². The molecule has 0 bridgehead atoms. The van der Waals surface area contributed by atoms with Gasteiger partial charge in [0.2, 0.25) is 0 Å². The molecule has 1 unspecified atom stereocenters. The van der Waals surface area contributed by atoms with Crippen molar-refractivity contribution in [3.05, 3.63) is 64.7 Å². The van der Waals surface area contributed by atoms with E-state index in [4.69, 9.17) is 19.8 Å². The van der Waals surface area contributed by atoms with Crippen molar-refractivity contribution in [3.63, 3.8) is 0 Å². The van der Waals surface area contributed by atoms with Gasteiger partial charge >= 0.3 is 0 Å². The van der Waals surface area contributed by atoms with Crippen LogP contribution < -0.4 is 20.3 Å². The highest BCUT2D eigenvalue weighted by Gasteiger charge is 2.21. The second-order valence-corrected chi connectivity index (χ2v) is 7.79. The van der Waals surface area contributed by atoms with E-state index in [9.17, 15) is 4.79 Å². The maximum atomic E-state index is 10.9. The van der Waals surface area contributed by atoms with Gasteiger partial charge in [-0.15, -0.1) is 0 Å². The standard InChI is InChI=1S/C15H20N2O3.C10H12O2/c18-9-1-8-16-14-6-4-12-10-11(2-5-13(12)14)3-7-15(19)17-20;1-11-9-6-2-4-8-5-3-7-12-10(8)9/h2-3,5,7,10,14,16,18,20H,1,4,6,8-9H2,(H,17,19);2,4,6H,3,5,7H2,1H3/b7-3+;. The number of aliphatic hydroxyl groups excluding tert-OH is 1. The van der Waals surface area contributed by atoms with E-state index in [1.165, 1.54) is 22.8 Å². The van der Waals surface area contributed by atoms with Crippen molar-refractivity contribution in [2.24, 2.45) is 0 Å². The first-order chi connectivity index (χ1) is 15.7. The van der Waals surface area contributed by atoms with E-state index >= 15 is 0 Å². The summed E-state index contributed by atoms with van der Waals surface area (Å²) in [5.74, 6) is 1.26. The topological polar surface area (TPSA) is 100 Å². The lowest BCUT2D eigenvalue weighted by atomic mass is 10.0. The van der Waals surface area contributed by atoms with Crippen LogP contribution in [0.4, 0.5) is 0 Å². The average Bonchev–Trinajstić information content (AvgIpc) is 3.25. The number of amides is 1. The van der Waals surface area contributed by atoms with Gasteiger partial charge in [-0.2, -0.15) is 0 Å². The molecule has 0 aromatic heterocycles. The zero-order valence-corrected chi connectivity index (χ0v) is 18.5. The second kappa shape index (κ2) is 12.2. The quantitative estimate of drug-likeness (QED) is 0.228. The van der Waals surface area contributed by atoms with Crippen LogP contribution in [0.25, 0.3) is 6.08 Å². The minimum atomic E-state index is -0.533. The molecule has 0 radical (unpaired) electrons. The molecular weight excluding hydrogens is 408 g/mol. The first-order valence-corrected chi connectivity index (χ1v) is 11.0. The number of hydrogen-bond donors (Lipinski definition) is 4. The molecule has 2 aromatic rings. The van der Waals surface area contributed by atoms with E-state index in [0.29, 0.717) is 6.04 Å². The molecule has 32 heavy (non-hydrogen) atoms. The number of fused-ring (bicyclic) bond motifs is 2. The van der Waals surface area contributed by atoms with Gasteiger partial charge in [-0.25, -0.2) is 5.48 Å². The molecule has 1 aliphatic carbocycles. The Morgan fingerprint density at radius 2 is 2.12 bits per heavy atom. The molecule has 4 rings (SSSR count). The van der Waals surface area contributed by atoms with Gasteiger partial charge in [0.15, 0.2) is 11.5 Å². The van der Waals surface area contributed by atoms with Crippen molar-refractivity contribution in [1.29, 1.82) is 0 Å². The van der Waals surface area contributed by atoms with Crippen LogP contribution in [0.5, 0.6) is 11.5 Å². The minimum absolute atomic E-state index is 0.212. The van der Waals surface area contributed by atoms with E-state index in [-0.39, 0.29) is 6.61 Å². The number of carbonyl (C=O) groups excluding carboxylic acids is 1. The number of aryl methyl sites for hydroxylation is 2. The first-order valence-electron chi connectivity index (χ1n) is 11.0. The summed E-state index contributed by atoms with van der Waals surface area (Å²) in [5, 5.41) is 20.7. The summed E-state index contributed by atoms with van der Waals surface area (Å²) < 4.78 is 10.7. The molecule has 1 atom stereocenters. The van der Waals surface area contributed by atoms with Crippen molar-refractivity contribution in [1.82, 2.24) is 10.8 Å². The molecule has 172 valence electrons. The largest absolute Gasteiger partial charge is 0.493 e. The van der Waals surface area contributed by atoms with Crippen LogP contribution in [0.15, 0.2) is 42.5 Å². The van der Waals surface area contributed by atoms with Gasteiger partial charge in [0.1, 0.15) is 0 Å². The van der Waals surface area contributed by atoms with Crippen LogP contribution in [0.3, 0.4) is 0 Å². The Kier molecular flexibility index (Phi) is 9.10. The number of rotatable bonds is 7. The molecule has 0 spiro atoms. The van der Waals surface area contributed by atoms with E-state index in [0.717, 1.165) is 62.3 Å². The van der Waals surface area contributed by atoms with Crippen LogP contribution in [-0.2, 0) is 17.6 Å². The molecule has 0 saturated carbocycles. The summed E-state index contributed by atoms with van der Waals surface area (Å²) in [7, 11) is 1.67. The summed E-state index contributed by atoms with van der Waals surface area (Å²) in [6.45, 7) is 1.84. The summed E-state index contributed by atoms with van der Waals surface area (Å²) >= 11 is 0. The van der Waals surface area contributed by atoms with Gasteiger partial charge in [0.25, 0.3) is 5.91 Å². The molecular formula is C25H32N2O5. The van der Waals surface area contributed by atoms with Crippen molar-refractivity contribution >= 4 is 12.0 Å². The zero-order valence-electron chi connectivity index (χ0n) is 18.5. The van der Waals surface area contributed by atoms with E-state index < -0.39 is 5.91 Å².